The molecule has 0 unspecified atom stereocenters. The third-order valence-corrected chi connectivity index (χ3v) is 3.01. The number of rotatable bonds is 2. The molecule has 4 nitrogen and oxygen atoms in total. The summed E-state index contributed by atoms with van der Waals surface area (Å²) in [7, 11) is 0. The summed E-state index contributed by atoms with van der Waals surface area (Å²) in [6.45, 7) is 10.0. The Bertz CT molecular complexity index is 419. The Morgan fingerprint density at radius 1 is 1.69 bits per heavy atom. The van der Waals surface area contributed by atoms with Gasteiger partial charge < -0.3 is 14.2 Å². The quantitative estimate of drug-likeness (QED) is 0.713. The van der Waals surface area contributed by atoms with Crippen molar-refractivity contribution in [1.82, 2.24) is 4.90 Å². The molecule has 1 fully saturated rings. The van der Waals surface area contributed by atoms with E-state index in [0.29, 0.717) is 19.5 Å². The summed E-state index contributed by atoms with van der Waals surface area (Å²) >= 11 is 0. The van der Waals surface area contributed by atoms with Crippen LogP contribution in [-0.4, -0.2) is 22.9 Å². The summed E-state index contributed by atoms with van der Waals surface area (Å²) in [6, 6.07) is 3.65. The maximum absolute atomic E-state index is 12.1. The van der Waals surface area contributed by atoms with E-state index in [1.807, 2.05) is 6.07 Å². The minimum Gasteiger partial charge on any atom is -0.467 e. The summed E-state index contributed by atoms with van der Waals surface area (Å²) in [5.41, 5.74) is -0.870. The fraction of sp³-hybridized carbons (Fsp3) is 0.500. The van der Waals surface area contributed by atoms with E-state index in [2.05, 4.69) is 4.85 Å². The van der Waals surface area contributed by atoms with Crippen LogP contribution in [-0.2, 0) is 11.3 Å². The summed E-state index contributed by atoms with van der Waals surface area (Å²) in [5.74, 6) is 0.688. The van der Waals surface area contributed by atoms with Gasteiger partial charge in [-0.25, -0.2) is 6.57 Å². The standard InChI is InChI=1S/C12H14N2O2/c1-12(13-2)6-4-7-14(11(12)15)9-10-5-3-8-16-10/h3,5,8H,4,6-7,9H2,1H3/t12-/m0/s1. The SMILES string of the molecule is [C-]#[N+][C@@]1(C)CCCN(Cc2ccco2)C1=O. The minimum atomic E-state index is -0.870. The zero-order valence-corrected chi connectivity index (χ0v) is 9.27. The van der Waals surface area contributed by atoms with Crippen LogP contribution in [0.1, 0.15) is 25.5 Å². The molecule has 0 spiro atoms. The highest BCUT2D eigenvalue weighted by Crippen LogP contribution is 2.27. The maximum Gasteiger partial charge on any atom is 0.308 e. The van der Waals surface area contributed by atoms with Crippen molar-refractivity contribution in [3.05, 3.63) is 35.6 Å². The topological polar surface area (TPSA) is 37.8 Å². The lowest BCUT2D eigenvalue weighted by Gasteiger charge is -2.31. The monoisotopic (exact) mass is 218 g/mol. The number of carbonyl (C=O) groups excluding carboxylic acids is 1. The molecule has 0 bridgehead atoms. The van der Waals surface area contributed by atoms with Crippen molar-refractivity contribution < 1.29 is 9.21 Å². The number of nitrogens with zero attached hydrogens (tertiary/aromatic N) is 2. The van der Waals surface area contributed by atoms with E-state index in [9.17, 15) is 4.79 Å². The van der Waals surface area contributed by atoms with Crippen molar-refractivity contribution in [2.45, 2.75) is 31.8 Å². The highest BCUT2D eigenvalue weighted by molar-refractivity contribution is 5.88. The lowest BCUT2D eigenvalue weighted by atomic mass is 9.91. The van der Waals surface area contributed by atoms with Crippen LogP contribution in [0.2, 0.25) is 0 Å². The molecule has 84 valence electrons. The van der Waals surface area contributed by atoms with Gasteiger partial charge in [0.1, 0.15) is 5.76 Å². The Morgan fingerprint density at radius 2 is 2.50 bits per heavy atom. The second-order valence-corrected chi connectivity index (χ2v) is 4.30. The number of carbonyl (C=O) groups is 1. The van der Waals surface area contributed by atoms with E-state index < -0.39 is 5.54 Å². The lowest BCUT2D eigenvalue weighted by molar-refractivity contribution is -0.138. The third-order valence-electron chi connectivity index (χ3n) is 3.01. The molecule has 0 N–H and O–H groups in total. The summed E-state index contributed by atoms with van der Waals surface area (Å²) in [5, 5.41) is 0. The highest BCUT2D eigenvalue weighted by atomic mass is 16.3. The van der Waals surface area contributed by atoms with Gasteiger partial charge in [-0.2, -0.15) is 0 Å². The molecule has 1 aliphatic heterocycles. The van der Waals surface area contributed by atoms with Crippen LogP contribution in [0.25, 0.3) is 4.85 Å². The summed E-state index contributed by atoms with van der Waals surface area (Å²) < 4.78 is 5.22. The van der Waals surface area contributed by atoms with E-state index in [1.54, 1.807) is 24.2 Å². The molecule has 1 saturated heterocycles. The number of furan rings is 1. The maximum atomic E-state index is 12.1. The first-order chi connectivity index (χ1) is 7.65. The zero-order valence-electron chi connectivity index (χ0n) is 9.27. The largest absolute Gasteiger partial charge is 0.467 e. The number of amides is 1. The van der Waals surface area contributed by atoms with Crippen molar-refractivity contribution in [2.75, 3.05) is 6.54 Å². The van der Waals surface area contributed by atoms with Crippen LogP contribution in [0.5, 0.6) is 0 Å². The second kappa shape index (κ2) is 4.01. The first-order valence-corrected chi connectivity index (χ1v) is 5.36. The predicted octanol–water partition coefficient (Wildman–Crippen LogP) is 2.08. The predicted molar refractivity (Wildman–Crippen MR) is 58.4 cm³/mol. The van der Waals surface area contributed by atoms with E-state index in [1.165, 1.54) is 0 Å². The Morgan fingerprint density at radius 3 is 3.12 bits per heavy atom. The average Bonchev–Trinajstić information content (AvgIpc) is 2.78. The van der Waals surface area contributed by atoms with Gasteiger partial charge in [0.15, 0.2) is 0 Å². The van der Waals surface area contributed by atoms with E-state index in [-0.39, 0.29) is 5.91 Å². The molecule has 1 aliphatic rings. The molecule has 2 heterocycles. The molecule has 1 atom stereocenters. The van der Waals surface area contributed by atoms with Crippen molar-refractivity contribution in [3.8, 4) is 0 Å². The fourth-order valence-electron chi connectivity index (χ4n) is 2.01. The van der Waals surface area contributed by atoms with Gasteiger partial charge in [0, 0.05) is 19.9 Å². The molecule has 0 saturated carbocycles. The molecule has 2 rings (SSSR count). The van der Waals surface area contributed by atoms with Crippen LogP contribution < -0.4 is 0 Å². The molecule has 1 aromatic rings. The number of hydrogen-bond donors (Lipinski definition) is 0. The van der Waals surface area contributed by atoms with Gasteiger partial charge in [-0.15, -0.1) is 0 Å². The van der Waals surface area contributed by atoms with Gasteiger partial charge in [0.05, 0.1) is 12.8 Å². The molecule has 16 heavy (non-hydrogen) atoms. The van der Waals surface area contributed by atoms with Gasteiger partial charge in [-0.1, -0.05) is 0 Å². The molecule has 0 aromatic carbocycles. The first-order valence-electron chi connectivity index (χ1n) is 5.36. The third kappa shape index (κ3) is 1.81. The first kappa shape index (κ1) is 10.7. The van der Waals surface area contributed by atoms with Crippen LogP contribution in [0.15, 0.2) is 22.8 Å². The van der Waals surface area contributed by atoms with Crippen LogP contribution in [0, 0.1) is 6.57 Å². The fourth-order valence-corrected chi connectivity index (χ4v) is 2.01. The molecule has 0 radical (unpaired) electrons. The molecule has 1 aromatic heterocycles. The molecule has 1 amide bonds. The van der Waals surface area contributed by atoms with Crippen LogP contribution in [0.4, 0.5) is 0 Å². The van der Waals surface area contributed by atoms with Gasteiger partial charge in [-0.05, 0) is 18.6 Å². The van der Waals surface area contributed by atoms with Gasteiger partial charge in [0.25, 0.3) is 0 Å². The number of hydrogen-bond acceptors (Lipinski definition) is 2. The molecular weight excluding hydrogens is 204 g/mol. The Labute approximate surface area is 94.7 Å². The van der Waals surface area contributed by atoms with Crippen LogP contribution >= 0.6 is 0 Å². The number of likely N-dealkylation sites (tertiary alicyclic amines) is 1. The smallest absolute Gasteiger partial charge is 0.308 e. The zero-order chi connectivity index (χ0) is 11.6. The van der Waals surface area contributed by atoms with Gasteiger partial charge in [-0.3, -0.25) is 4.79 Å². The van der Waals surface area contributed by atoms with E-state index >= 15 is 0 Å². The van der Waals surface area contributed by atoms with Gasteiger partial charge >= 0.3 is 11.4 Å². The van der Waals surface area contributed by atoms with Crippen molar-refractivity contribution in [1.29, 1.82) is 0 Å². The lowest BCUT2D eigenvalue weighted by Crippen LogP contribution is -2.49. The minimum absolute atomic E-state index is 0.0786. The molecule has 0 aliphatic carbocycles. The van der Waals surface area contributed by atoms with Gasteiger partial charge in [0.2, 0.25) is 0 Å². The Kier molecular flexibility index (Phi) is 2.69. The number of piperidine rings is 1. The average molecular weight is 218 g/mol. The Balaban J connectivity index is 2.12. The van der Waals surface area contributed by atoms with E-state index in [4.69, 9.17) is 11.0 Å². The van der Waals surface area contributed by atoms with Crippen molar-refractivity contribution in [2.24, 2.45) is 0 Å². The normalized spacial score (nSPS) is 25.5. The van der Waals surface area contributed by atoms with E-state index in [0.717, 1.165) is 12.2 Å². The molecule has 4 heteroatoms. The van der Waals surface area contributed by atoms with Crippen molar-refractivity contribution in [3.63, 3.8) is 0 Å². The molecular formula is C12H14N2O2. The summed E-state index contributed by atoms with van der Waals surface area (Å²) in [4.78, 5) is 17.3. The van der Waals surface area contributed by atoms with Crippen LogP contribution in [0.3, 0.4) is 0 Å². The Hall–Kier alpha value is -1.76. The highest BCUT2D eigenvalue weighted by Gasteiger charge is 2.45. The second-order valence-electron chi connectivity index (χ2n) is 4.30. The summed E-state index contributed by atoms with van der Waals surface area (Å²) in [6.07, 6.45) is 3.13. The van der Waals surface area contributed by atoms with Crippen molar-refractivity contribution >= 4 is 5.91 Å².